The monoisotopic (exact) mass is 397 g/mol. The summed E-state index contributed by atoms with van der Waals surface area (Å²) in [7, 11) is -3.66. The van der Waals surface area contributed by atoms with Gasteiger partial charge in [0.1, 0.15) is 0 Å². The smallest absolute Gasteiger partial charge is 0.304 e. The normalized spacial score (nSPS) is 13.2. The Kier molecular flexibility index (Phi) is 6.21. The topological polar surface area (TPSA) is 83.5 Å². The van der Waals surface area contributed by atoms with Crippen molar-refractivity contribution >= 4 is 38.6 Å². The zero-order valence-corrected chi connectivity index (χ0v) is 13.4. The molecule has 1 aromatic rings. The molecule has 1 unspecified atom stereocenters. The fourth-order valence-corrected chi connectivity index (χ4v) is 3.29. The summed E-state index contributed by atoms with van der Waals surface area (Å²) >= 11 is 2.09. The number of carboxylic acids is 1. The van der Waals surface area contributed by atoms with Crippen LogP contribution in [0, 0.1) is 3.57 Å². The molecule has 0 heterocycles. The minimum atomic E-state index is -3.66. The van der Waals surface area contributed by atoms with Crippen LogP contribution in [0.1, 0.15) is 26.2 Å². The molecule has 0 saturated heterocycles. The highest BCUT2D eigenvalue weighted by atomic mass is 127. The molecule has 0 fully saturated rings. The predicted molar refractivity (Wildman–Crippen MR) is 80.4 cm³/mol. The molecule has 0 amide bonds. The van der Waals surface area contributed by atoms with Crippen molar-refractivity contribution in [1.82, 2.24) is 4.72 Å². The van der Waals surface area contributed by atoms with Crippen LogP contribution in [-0.4, -0.2) is 25.5 Å². The number of carboxylic acid groups (broad SMARTS) is 1. The summed E-state index contributed by atoms with van der Waals surface area (Å²) in [4.78, 5) is 10.9. The maximum absolute atomic E-state index is 12.1. The summed E-state index contributed by atoms with van der Waals surface area (Å²) < 4.78 is 27.6. The van der Waals surface area contributed by atoms with E-state index in [0.717, 1.165) is 3.57 Å². The van der Waals surface area contributed by atoms with Crippen LogP contribution < -0.4 is 4.72 Å². The number of nitrogens with one attached hydrogen (secondary N) is 1. The molecule has 2 N–H and O–H groups in total. The largest absolute Gasteiger partial charge is 0.481 e. The molecule has 0 saturated carbocycles. The first kappa shape index (κ1) is 16.4. The number of rotatable bonds is 7. The molecular weight excluding hydrogens is 381 g/mol. The lowest BCUT2D eigenvalue weighted by Gasteiger charge is -2.16. The van der Waals surface area contributed by atoms with Gasteiger partial charge in [-0.15, -0.1) is 0 Å². The fraction of sp³-hybridized carbons (Fsp3) is 0.417. The zero-order valence-electron chi connectivity index (χ0n) is 10.5. The number of aliphatic carboxylic acids is 1. The van der Waals surface area contributed by atoms with Gasteiger partial charge in [0.05, 0.1) is 11.3 Å². The van der Waals surface area contributed by atoms with E-state index >= 15 is 0 Å². The van der Waals surface area contributed by atoms with Crippen molar-refractivity contribution in [3.63, 3.8) is 0 Å². The highest BCUT2D eigenvalue weighted by molar-refractivity contribution is 14.1. The molecule has 0 bridgehead atoms. The first-order valence-electron chi connectivity index (χ1n) is 5.85. The van der Waals surface area contributed by atoms with Gasteiger partial charge in [0.15, 0.2) is 0 Å². The first-order chi connectivity index (χ1) is 8.85. The van der Waals surface area contributed by atoms with Crippen LogP contribution in [-0.2, 0) is 14.8 Å². The molecule has 0 aliphatic rings. The van der Waals surface area contributed by atoms with Gasteiger partial charge in [-0.05, 0) is 53.3 Å². The van der Waals surface area contributed by atoms with Gasteiger partial charge in [0, 0.05) is 9.61 Å². The molecule has 7 heteroatoms. The number of hydrogen-bond donors (Lipinski definition) is 2. The molecule has 0 aromatic heterocycles. The molecule has 0 spiro atoms. The van der Waals surface area contributed by atoms with Gasteiger partial charge >= 0.3 is 5.97 Å². The van der Waals surface area contributed by atoms with Crippen molar-refractivity contribution in [3.05, 3.63) is 27.8 Å². The third-order valence-corrected chi connectivity index (χ3v) is 4.76. The van der Waals surface area contributed by atoms with E-state index in [1.54, 1.807) is 12.1 Å². The van der Waals surface area contributed by atoms with Gasteiger partial charge in [-0.3, -0.25) is 4.79 Å². The lowest BCUT2D eigenvalue weighted by Crippen LogP contribution is -2.36. The second-order valence-corrected chi connectivity index (χ2v) is 7.12. The molecule has 5 nitrogen and oxygen atoms in total. The van der Waals surface area contributed by atoms with Gasteiger partial charge in [-0.2, -0.15) is 0 Å². The van der Waals surface area contributed by atoms with E-state index in [0.29, 0.717) is 12.8 Å². The number of halogens is 1. The maximum atomic E-state index is 12.1. The van der Waals surface area contributed by atoms with Crippen molar-refractivity contribution in [2.45, 2.75) is 37.1 Å². The minimum absolute atomic E-state index is 0.152. The molecule has 1 atom stereocenters. The quantitative estimate of drug-likeness (QED) is 0.692. The number of sulfonamides is 1. The average molecular weight is 397 g/mol. The van der Waals surface area contributed by atoms with Crippen LogP contribution >= 0.6 is 22.6 Å². The summed E-state index contributed by atoms with van der Waals surface area (Å²) in [5.74, 6) is -1.01. The van der Waals surface area contributed by atoms with Crippen LogP contribution in [0.25, 0.3) is 0 Å². The van der Waals surface area contributed by atoms with Crippen molar-refractivity contribution in [2.75, 3.05) is 0 Å². The Morgan fingerprint density at radius 3 is 2.42 bits per heavy atom. The van der Waals surface area contributed by atoms with Gasteiger partial charge in [0.25, 0.3) is 0 Å². The SMILES string of the molecule is CCCC(CC(=O)O)NS(=O)(=O)c1ccc(I)cc1. The Labute approximate surface area is 126 Å². The summed E-state index contributed by atoms with van der Waals surface area (Å²) in [6.45, 7) is 1.88. The third-order valence-electron chi connectivity index (χ3n) is 2.50. The summed E-state index contributed by atoms with van der Waals surface area (Å²) in [6.07, 6.45) is 1.00. The zero-order chi connectivity index (χ0) is 14.5. The number of benzene rings is 1. The fourth-order valence-electron chi connectivity index (χ4n) is 1.66. The molecule has 106 valence electrons. The van der Waals surface area contributed by atoms with Crippen LogP contribution in [0.3, 0.4) is 0 Å². The van der Waals surface area contributed by atoms with Gasteiger partial charge < -0.3 is 5.11 Å². The molecule has 0 aliphatic heterocycles. The average Bonchev–Trinajstić information content (AvgIpc) is 2.28. The second kappa shape index (κ2) is 7.20. The minimum Gasteiger partial charge on any atom is -0.481 e. The lowest BCUT2D eigenvalue weighted by molar-refractivity contribution is -0.137. The first-order valence-corrected chi connectivity index (χ1v) is 8.41. The highest BCUT2D eigenvalue weighted by Gasteiger charge is 2.21. The van der Waals surface area contributed by atoms with Gasteiger partial charge in [0.2, 0.25) is 10.0 Å². The molecule has 1 rings (SSSR count). The third kappa shape index (κ3) is 5.45. The molecule has 1 aromatic carbocycles. The van der Waals surface area contributed by atoms with Crippen LogP contribution in [0.5, 0.6) is 0 Å². The summed E-state index contributed by atoms with van der Waals surface area (Å²) in [5, 5.41) is 8.78. The van der Waals surface area contributed by atoms with E-state index in [1.807, 2.05) is 6.92 Å². The van der Waals surface area contributed by atoms with E-state index in [4.69, 9.17) is 5.11 Å². The Morgan fingerprint density at radius 1 is 1.37 bits per heavy atom. The number of hydrogen-bond acceptors (Lipinski definition) is 3. The molecule has 0 radical (unpaired) electrons. The molecular formula is C12H16INO4S. The summed E-state index contributed by atoms with van der Waals surface area (Å²) in [5.41, 5.74) is 0. The summed E-state index contributed by atoms with van der Waals surface area (Å²) in [6, 6.07) is 5.83. The Hall–Kier alpha value is -0.670. The van der Waals surface area contributed by atoms with E-state index in [2.05, 4.69) is 27.3 Å². The second-order valence-electron chi connectivity index (χ2n) is 4.16. The Bertz CT molecular complexity index is 527. The van der Waals surface area contributed by atoms with E-state index in [9.17, 15) is 13.2 Å². The van der Waals surface area contributed by atoms with Crippen molar-refractivity contribution in [1.29, 1.82) is 0 Å². The standard InChI is InChI=1S/C12H16INO4S/c1-2-3-10(8-12(15)16)14-19(17,18)11-6-4-9(13)5-7-11/h4-7,10,14H,2-3,8H2,1H3,(H,15,16). The molecule has 19 heavy (non-hydrogen) atoms. The van der Waals surface area contributed by atoms with E-state index in [1.165, 1.54) is 12.1 Å². The molecule has 0 aliphatic carbocycles. The van der Waals surface area contributed by atoms with E-state index < -0.39 is 22.0 Å². The highest BCUT2D eigenvalue weighted by Crippen LogP contribution is 2.14. The maximum Gasteiger partial charge on any atom is 0.304 e. The van der Waals surface area contributed by atoms with Crippen LogP contribution in [0.2, 0.25) is 0 Å². The van der Waals surface area contributed by atoms with Crippen molar-refractivity contribution in [3.8, 4) is 0 Å². The number of carbonyl (C=O) groups is 1. The predicted octanol–water partition coefficient (Wildman–Crippen LogP) is 2.21. The van der Waals surface area contributed by atoms with Crippen LogP contribution in [0.15, 0.2) is 29.2 Å². The van der Waals surface area contributed by atoms with Crippen LogP contribution in [0.4, 0.5) is 0 Å². The Balaban J connectivity index is 2.87. The van der Waals surface area contributed by atoms with Crippen molar-refractivity contribution in [2.24, 2.45) is 0 Å². The van der Waals surface area contributed by atoms with Crippen molar-refractivity contribution < 1.29 is 18.3 Å². The van der Waals surface area contributed by atoms with Gasteiger partial charge in [-0.25, -0.2) is 13.1 Å². The lowest BCUT2D eigenvalue weighted by atomic mass is 10.1. The van der Waals surface area contributed by atoms with Gasteiger partial charge in [-0.1, -0.05) is 13.3 Å². The van der Waals surface area contributed by atoms with E-state index in [-0.39, 0.29) is 11.3 Å². The Morgan fingerprint density at radius 2 is 1.95 bits per heavy atom.